The molecule has 0 aromatic heterocycles. The summed E-state index contributed by atoms with van der Waals surface area (Å²) < 4.78 is 0. The molecule has 0 atom stereocenters. The highest BCUT2D eigenvalue weighted by atomic mass is 16.3. The summed E-state index contributed by atoms with van der Waals surface area (Å²) in [5.74, 6) is 0.315. The first-order valence-electron chi connectivity index (χ1n) is 4.22. The quantitative estimate of drug-likeness (QED) is 0.694. The molecule has 0 fully saturated rings. The molecule has 0 saturated carbocycles. The van der Waals surface area contributed by atoms with E-state index in [4.69, 9.17) is 0 Å². The second kappa shape index (κ2) is 4.51. The number of phenols is 1. The van der Waals surface area contributed by atoms with E-state index in [1.807, 2.05) is 0 Å². The Bertz CT molecular complexity index is 313. The normalized spacial score (nSPS) is 9.54. The van der Waals surface area contributed by atoms with E-state index >= 15 is 0 Å². The molecular formula is C12H13O. The van der Waals surface area contributed by atoms with Crippen LogP contribution >= 0.6 is 0 Å². The van der Waals surface area contributed by atoms with Crippen LogP contribution in [0.3, 0.4) is 0 Å². The highest BCUT2D eigenvalue weighted by molar-refractivity contribution is 5.37. The maximum atomic E-state index is 9.55. The van der Waals surface area contributed by atoms with Crippen LogP contribution in [0.15, 0.2) is 37.4 Å². The Morgan fingerprint density at radius 1 is 1.31 bits per heavy atom. The second-order valence-corrected chi connectivity index (χ2v) is 2.85. The standard InChI is InChI=1S/C12H13O/c1-3-5-10-7-8-11(6-4-2)12(13)9-10/h3-4,8-9,13H,1-2,5-6H2. The fourth-order valence-electron chi connectivity index (χ4n) is 1.15. The van der Waals surface area contributed by atoms with Crippen molar-refractivity contribution in [3.05, 3.63) is 54.6 Å². The van der Waals surface area contributed by atoms with Crippen LogP contribution in [0.25, 0.3) is 0 Å². The van der Waals surface area contributed by atoms with Gasteiger partial charge in [-0.2, -0.15) is 0 Å². The van der Waals surface area contributed by atoms with E-state index in [2.05, 4.69) is 19.2 Å². The summed E-state index contributed by atoms with van der Waals surface area (Å²) in [6.45, 7) is 7.24. The van der Waals surface area contributed by atoms with Gasteiger partial charge in [0.15, 0.2) is 0 Å². The Morgan fingerprint density at radius 3 is 2.54 bits per heavy atom. The molecule has 1 heteroatoms. The first-order chi connectivity index (χ1) is 6.27. The maximum Gasteiger partial charge on any atom is 0.119 e. The van der Waals surface area contributed by atoms with Crippen LogP contribution in [0.1, 0.15) is 11.1 Å². The highest BCUT2D eigenvalue weighted by Crippen LogP contribution is 2.19. The molecule has 0 amide bonds. The van der Waals surface area contributed by atoms with Crippen LogP contribution in [-0.2, 0) is 12.8 Å². The van der Waals surface area contributed by atoms with Gasteiger partial charge in [-0.3, -0.25) is 0 Å². The lowest BCUT2D eigenvalue weighted by Crippen LogP contribution is -1.86. The second-order valence-electron chi connectivity index (χ2n) is 2.85. The molecule has 13 heavy (non-hydrogen) atoms. The molecule has 0 spiro atoms. The zero-order valence-corrected chi connectivity index (χ0v) is 7.59. The van der Waals surface area contributed by atoms with Crippen molar-refractivity contribution >= 4 is 0 Å². The molecule has 0 bridgehead atoms. The maximum absolute atomic E-state index is 9.55. The minimum absolute atomic E-state index is 0.315. The number of allylic oxidation sites excluding steroid dienone is 2. The molecular weight excluding hydrogens is 160 g/mol. The van der Waals surface area contributed by atoms with Crippen LogP contribution in [0.4, 0.5) is 0 Å². The molecule has 1 nitrogen and oxygen atoms in total. The van der Waals surface area contributed by atoms with Crippen LogP contribution in [0.5, 0.6) is 5.75 Å². The van der Waals surface area contributed by atoms with Gasteiger partial charge in [0.2, 0.25) is 0 Å². The molecule has 0 aliphatic carbocycles. The number of phenolic OH excluding ortho intramolecular Hbond substituents is 1. The molecule has 67 valence electrons. The number of rotatable bonds is 4. The van der Waals surface area contributed by atoms with Gasteiger partial charge in [0.05, 0.1) is 0 Å². The molecule has 1 N–H and O–H groups in total. The number of aromatic hydroxyl groups is 1. The zero-order valence-electron chi connectivity index (χ0n) is 7.59. The molecule has 0 unspecified atom stereocenters. The smallest absolute Gasteiger partial charge is 0.119 e. The Labute approximate surface area is 79.0 Å². The predicted molar refractivity (Wildman–Crippen MR) is 54.7 cm³/mol. The third-order valence-electron chi connectivity index (χ3n) is 1.80. The molecule has 1 aromatic rings. The average Bonchev–Trinajstić information content (AvgIpc) is 2.10. The summed E-state index contributed by atoms with van der Waals surface area (Å²) in [7, 11) is 0. The first-order valence-corrected chi connectivity index (χ1v) is 4.22. The van der Waals surface area contributed by atoms with E-state index in [1.165, 1.54) is 0 Å². The van der Waals surface area contributed by atoms with Crippen molar-refractivity contribution in [1.82, 2.24) is 0 Å². The van der Waals surface area contributed by atoms with Crippen LogP contribution in [-0.4, -0.2) is 5.11 Å². The minimum atomic E-state index is 0.315. The number of hydrogen-bond acceptors (Lipinski definition) is 1. The van der Waals surface area contributed by atoms with Crippen molar-refractivity contribution in [2.24, 2.45) is 0 Å². The van der Waals surface area contributed by atoms with E-state index < -0.39 is 0 Å². The number of hydrogen-bond donors (Lipinski definition) is 1. The summed E-state index contributed by atoms with van der Waals surface area (Å²) in [6.07, 6.45) is 4.97. The molecule has 0 aliphatic heterocycles. The summed E-state index contributed by atoms with van der Waals surface area (Å²) >= 11 is 0. The summed E-state index contributed by atoms with van der Waals surface area (Å²) in [4.78, 5) is 0. The minimum Gasteiger partial charge on any atom is -0.508 e. The summed E-state index contributed by atoms with van der Waals surface area (Å²) in [5, 5.41) is 9.55. The SMILES string of the molecule is C=CCc1[c]cc(CC=C)c(O)c1. The summed E-state index contributed by atoms with van der Waals surface area (Å²) in [5.41, 5.74) is 1.82. The average molecular weight is 173 g/mol. The monoisotopic (exact) mass is 173 g/mol. The van der Waals surface area contributed by atoms with Crippen LogP contribution in [0.2, 0.25) is 0 Å². The van der Waals surface area contributed by atoms with Crippen molar-refractivity contribution in [3.63, 3.8) is 0 Å². The third-order valence-corrected chi connectivity index (χ3v) is 1.80. The van der Waals surface area contributed by atoms with Gasteiger partial charge in [0, 0.05) is 0 Å². The largest absolute Gasteiger partial charge is 0.508 e. The first kappa shape index (κ1) is 9.59. The van der Waals surface area contributed by atoms with Gasteiger partial charge in [0.25, 0.3) is 0 Å². The van der Waals surface area contributed by atoms with Gasteiger partial charge in [-0.25, -0.2) is 0 Å². The van der Waals surface area contributed by atoms with Crippen molar-refractivity contribution in [2.45, 2.75) is 12.8 Å². The Hall–Kier alpha value is -1.50. The van der Waals surface area contributed by atoms with Gasteiger partial charge in [-0.1, -0.05) is 12.2 Å². The Balaban J connectivity index is 2.90. The van der Waals surface area contributed by atoms with Gasteiger partial charge < -0.3 is 5.11 Å². The Kier molecular flexibility index (Phi) is 3.32. The van der Waals surface area contributed by atoms with Crippen molar-refractivity contribution in [2.75, 3.05) is 0 Å². The van der Waals surface area contributed by atoms with Crippen LogP contribution in [0, 0.1) is 6.07 Å². The molecule has 1 aromatic carbocycles. The van der Waals surface area contributed by atoms with E-state index in [0.717, 1.165) is 17.5 Å². The van der Waals surface area contributed by atoms with Crippen molar-refractivity contribution in [3.8, 4) is 5.75 Å². The van der Waals surface area contributed by atoms with Crippen LogP contribution < -0.4 is 0 Å². The van der Waals surface area contributed by atoms with E-state index in [9.17, 15) is 5.11 Å². The molecule has 1 radical (unpaired) electrons. The number of benzene rings is 1. The Morgan fingerprint density at radius 2 is 2.00 bits per heavy atom. The fraction of sp³-hybridized carbons (Fsp3) is 0.167. The van der Waals surface area contributed by atoms with Gasteiger partial charge >= 0.3 is 0 Å². The zero-order chi connectivity index (χ0) is 9.68. The molecule has 0 aliphatic rings. The molecule has 0 heterocycles. The molecule has 0 saturated heterocycles. The van der Waals surface area contributed by atoms with Gasteiger partial charge in [0.1, 0.15) is 5.75 Å². The van der Waals surface area contributed by atoms with Crippen molar-refractivity contribution < 1.29 is 5.11 Å². The highest BCUT2D eigenvalue weighted by Gasteiger charge is 1.99. The van der Waals surface area contributed by atoms with Crippen molar-refractivity contribution in [1.29, 1.82) is 0 Å². The predicted octanol–water partition coefficient (Wildman–Crippen LogP) is 2.65. The van der Waals surface area contributed by atoms with Gasteiger partial charge in [-0.15, -0.1) is 13.2 Å². The fourth-order valence-corrected chi connectivity index (χ4v) is 1.15. The lowest BCUT2D eigenvalue weighted by atomic mass is 10.1. The van der Waals surface area contributed by atoms with Gasteiger partial charge in [-0.05, 0) is 42.2 Å². The molecule has 1 rings (SSSR count). The lowest BCUT2D eigenvalue weighted by molar-refractivity contribution is 0.469. The van der Waals surface area contributed by atoms with E-state index in [1.54, 1.807) is 24.3 Å². The van der Waals surface area contributed by atoms with E-state index in [-0.39, 0.29) is 0 Å². The third kappa shape index (κ3) is 2.48. The lowest BCUT2D eigenvalue weighted by Gasteiger charge is -2.03. The van der Waals surface area contributed by atoms with E-state index in [0.29, 0.717) is 12.2 Å². The summed E-state index contributed by atoms with van der Waals surface area (Å²) in [6, 6.07) is 6.61. The topological polar surface area (TPSA) is 20.2 Å².